The van der Waals surface area contributed by atoms with Crippen LogP contribution >= 0.6 is 0 Å². The van der Waals surface area contributed by atoms with E-state index in [0.29, 0.717) is 19.1 Å². The van der Waals surface area contributed by atoms with Crippen LogP contribution in [0.1, 0.15) is 52.0 Å². The number of amides is 1. The van der Waals surface area contributed by atoms with Crippen molar-refractivity contribution in [3.8, 4) is 0 Å². The van der Waals surface area contributed by atoms with E-state index in [0.717, 1.165) is 23.4 Å². The van der Waals surface area contributed by atoms with E-state index in [2.05, 4.69) is 13.8 Å². The number of hydrogen-bond donors (Lipinski definition) is 0. The van der Waals surface area contributed by atoms with Gasteiger partial charge in [0.25, 0.3) is 0 Å². The molecule has 1 aromatic carbocycles. The number of nitrogens with zero attached hydrogens (tertiary/aromatic N) is 1. The second-order valence-electron chi connectivity index (χ2n) is 5.81. The van der Waals surface area contributed by atoms with Crippen molar-refractivity contribution in [3.05, 3.63) is 41.6 Å². The summed E-state index contributed by atoms with van der Waals surface area (Å²) >= 11 is 0. The maximum absolute atomic E-state index is 12.4. The standard InChI is InChI=1S/C18H25NO2/c1-4-8-14(2)11-12-17(20)19-13-21-18(15(19)3)16-9-6-5-7-10-16/h5-7,9-10,14H,4,8,11-13H2,1-3H3/t14-/m1/s1. The molecule has 2 rings (SSSR count). The molecule has 1 aliphatic heterocycles. The summed E-state index contributed by atoms with van der Waals surface area (Å²) in [6.45, 7) is 6.71. The second-order valence-corrected chi connectivity index (χ2v) is 5.81. The normalized spacial score (nSPS) is 16.0. The highest BCUT2D eigenvalue weighted by Gasteiger charge is 2.26. The largest absolute Gasteiger partial charge is 0.470 e. The number of carbonyl (C=O) groups excluding carboxylic acids is 1. The summed E-state index contributed by atoms with van der Waals surface area (Å²) in [7, 11) is 0. The van der Waals surface area contributed by atoms with E-state index in [4.69, 9.17) is 4.74 Å². The molecule has 21 heavy (non-hydrogen) atoms. The molecule has 3 nitrogen and oxygen atoms in total. The van der Waals surface area contributed by atoms with Crippen LogP contribution in [0.4, 0.5) is 0 Å². The smallest absolute Gasteiger partial charge is 0.229 e. The molecule has 0 aromatic heterocycles. The zero-order valence-corrected chi connectivity index (χ0v) is 13.3. The lowest BCUT2D eigenvalue weighted by Gasteiger charge is -2.16. The lowest BCUT2D eigenvalue weighted by atomic mass is 10.00. The molecule has 1 aromatic rings. The van der Waals surface area contributed by atoms with Gasteiger partial charge in [-0.05, 0) is 19.3 Å². The molecule has 0 bridgehead atoms. The first-order valence-corrected chi connectivity index (χ1v) is 7.83. The first kappa shape index (κ1) is 15.6. The lowest BCUT2D eigenvalue weighted by Crippen LogP contribution is -2.27. The Balaban J connectivity index is 1.99. The first-order valence-electron chi connectivity index (χ1n) is 7.83. The SMILES string of the molecule is CCC[C@@H](C)CCC(=O)N1COC(c2ccccc2)=C1C. The third-order valence-corrected chi connectivity index (χ3v) is 4.04. The van der Waals surface area contributed by atoms with Crippen LogP contribution < -0.4 is 0 Å². The number of carbonyl (C=O) groups is 1. The highest BCUT2D eigenvalue weighted by atomic mass is 16.5. The van der Waals surface area contributed by atoms with Crippen LogP contribution in [0.5, 0.6) is 0 Å². The van der Waals surface area contributed by atoms with Crippen molar-refractivity contribution >= 4 is 11.7 Å². The van der Waals surface area contributed by atoms with Crippen molar-refractivity contribution in [2.45, 2.75) is 46.5 Å². The molecule has 0 spiro atoms. The van der Waals surface area contributed by atoms with Crippen LogP contribution in [0.2, 0.25) is 0 Å². The first-order chi connectivity index (χ1) is 10.1. The Morgan fingerprint density at radius 1 is 1.29 bits per heavy atom. The Labute approximate surface area is 127 Å². The molecular weight excluding hydrogens is 262 g/mol. The summed E-state index contributed by atoms with van der Waals surface area (Å²) in [4.78, 5) is 14.1. The van der Waals surface area contributed by atoms with Crippen molar-refractivity contribution in [2.75, 3.05) is 6.73 Å². The van der Waals surface area contributed by atoms with Crippen molar-refractivity contribution < 1.29 is 9.53 Å². The molecule has 1 amide bonds. The number of benzene rings is 1. The number of ether oxygens (including phenoxy) is 1. The van der Waals surface area contributed by atoms with Gasteiger partial charge in [0, 0.05) is 12.0 Å². The van der Waals surface area contributed by atoms with Crippen LogP contribution in [-0.2, 0) is 9.53 Å². The van der Waals surface area contributed by atoms with Gasteiger partial charge < -0.3 is 4.74 Å². The van der Waals surface area contributed by atoms with E-state index in [1.807, 2.05) is 37.3 Å². The Morgan fingerprint density at radius 3 is 2.67 bits per heavy atom. The summed E-state index contributed by atoms with van der Waals surface area (Å²) in [6, 6.07) is 9.96. The van der Waals surface area contributed by atoms with Gasteiger partial charge in [0.15, 0.2) is 6.73 Å². The van der Waals surface area contributed by atoms with Crippen molar-refractivity contribution in [1.82, 2.24) is 4.90 Å². The summed E-state index contributed by atoms with van der Waals surface area (Å²) < 4.78 is 5.72. The van der Waals surface area contributed by atoms with Gasteiger partial charge in [-0.15, -0.1) is 0 Å². The van der Waals surface area contributed by atoms with Gasteiger partial charge in [-0.3, -0.25) is 9.69 Å². The number of rotatable bonds is 6. The zero-order chi connectivity index (χ0) is 15.2. The molecule has 0 radical (unpaired) electrons. The number of hydrogen-bond acceptors (Lipinski definition) is 2. The molecule has 0 saturated heterocycles. The molecule has 1 heterocycles. The van der Waals surface area contributed by atoms with Crippen LogP contribution in [0.25, 0.3) is 5.76 Å². The summed E-state index contributed by atoms with van der Waals surface area (Å²) in [5.74, 6) is 1.60. The van der Waals surface area contributed by atoms with Gasteiger partial charge in [0.1, 0.15) is 5.76 Å². The summed E-state index contributed by atoms with van der Waals surface area (Å²) in [5.41, 5.74) is 1.96. The van der Waals surface area contributed by atoms with E-state index >= 15 is 0 Å². The van der Waals surface area contributed by atoms with E-state index in [1.54, 1.807) is 4.90 Å². The molecule has 3 heteroatoms. The number of allylic oxidation sites excluding steroid dienone is 1. The summed E-state index contributed by atoms with van der Waals surface area (Å²) in [5, 5.41) is 0. The average molecular weight is 287 g/mol. The van der Waals surface area contributed by atoms with Gasteiger partial charge in [-0.25, -0.2) is 0 Å². The fourth-order valence-corrected chi connectivity index (χ4v) is 2.74. The van der Waals surface area contributed by atoms with E-state index in [-0.39, 0.29) is 5.91 Å². The van der Waals surface area contributed by atoms with E-state index in [9.17, 15) is 4.79 Å². The maximum Gasteiger partial charge on any atom is 0.229 e. The lowest BCUT2D eigenvalue weighted by molar-refractivity contribution is -0.131. The molecule has 0 fully saturated rings. The van der Waals surface area contributed by atoms with Crippen molar-refractivity contribution in [3.63, 3.8) is 0 Å². The van der Waals surface area contributed by atoms with Gasteiger partial charge in [0.05, 0.1) is 5.70 Å². The molecule has 114 valence electrons. The van der Waals surface area contributed by atoms with Crippen LogP contribution in [0, 0.1) is 5.92 Å². The Morgan fingerprint density at radius 2 is 2.00 bits per heavy atom. The molecule has 0 saturated carbocycles. The van der Waals surface area contributed by atoms with Gasteiger partial charge in [0.2, 0.25) is 5.91 Å². The zero-order valence-electron chi connectivity index (χ0n) is 13.3. The Kier molecular flexibility index (Phi) is 5.43. The predicted octanol–water partition coefficient (Wildman–Crippen LogP) is 4.41. The molecular formula is C18H25NO2. The molecule has 0 N–H and O–H groups in total. The van der Waals surface area contributed by atoms with Gasteiger partial charge in [-0.2, -0.15) is 0 Å². The molecule has 0 unspecified atom stereocenters. The van der Waals surface area contributed by atoms with E-state index in [1.165, 1.54) is 12.8 Å². The monoisotopic (exact) mass is 287 g/mol. The average Bonchev–Trinajstić information content (AvgIpc) is 2.88. The van der Waals surface area contributed by atoms with Crippen LogP contribution in [-0.4, -0.2) is 17.5 Å². The minimum absolute atomic E-state index is 0.168. The fraction of sp³-hybridized carbons (Fsp3) is 0.500. The van der Waals surface area contributed by atoms with Gasteiger partial charge in [-0.1, -0.05) is 57.0 Å². The third-order valence-electron chi connectivity index (χ3n) is 4.04. The fourth-order valence-electron chi connectivity index (χ4n) is 2.74. The summed E-state index contributed by atoms with van der Waals surface area (Å²) in [6.07, 6.45) is 3.92. The third kappa shape index (κ3) is 3.87. The minimum atomic E-state index is 0.168. The van der Waals surface area contributed by atoms with Crippen molar-refractivity contribution in [2.24, 2.45) is 5.92 Å². The van der Waals surface area contributed by atoms with Crippen LogP contribution in [0.3, 0.4) is 0 Å². The highest BCUT2D eigenvalue weighted by Crippen LogP contribution is 2.29. The van der Waals surface area contributed by atoms with Crippen LogP contribution in [0.15, 0.2) is 36.0 Å². The minimum Gasteiger partial charge on any atom is -0.470 e. The van der Waals surface area contributed by atoms with Crippen molar-refractivity contribution in [1.29, 1.82) is 0 Å². The molecule has 1 atom stereocenters. The Hall–Kier alpha value is -1.77. The maximum atomic E-state index is 12.4. The van der Waals surface area contributed by atoms with Gasteiger partial charge >= 0.3 is 0 Å². The molecule has 0 aliphatic carbocycles. The topological polar surface area (TPSA) is 29.5 Å². The highest BCUT2D eigenvalue weighted by molar-refractivity contribution is 5.81. The Bertz CT molecular complexity index is 507. The quantitative estimate of drug-likeness (QED) is 0.775. The molecule has 1 aliphatic rings. The van der Waals surface area contributed by atoms with E-state index < -0.39 is 0 Å². The second kappa shape index (κ2) is 7.30. The predicted molar refractivity (Wildman–Crippen MR) is 85.1 cm³/mol.